The number of halogens is 1. The van der Waals surface area contributed by atoms with Crippen LogP contribution >= 0.6 is 11.3 Å². The Morgan fingerprint density at radius 3 is 2.84 bits per heavy atom. The second-order valence-corrected chi connectivity index (χ2v) is 4.93. The van der Waals surface area contributed by atoms with Crippen LogP contribution in [0.3, 0.4) is 0 Å². The first-order valence-electron chi connectivity index (χ1n) is 5.92. The summed E-state index contributed by atoms with van der Waals surface area (Å²) in [4.78, 5) is 12.7. The van der Waals surface area contributed by atoms with Crippen LogP contribution in [0.1, 0.15) is 4.88 Å². The quantitative estimate of drug-likeness (QED) is 0.882. The fraction of sp³-hybridized carbons (Fsp3) is 0.214. The lowest BCUT2D eigenvalue weighted by molar-refractivity contribution is -0.123. The zero-order valence-corrected chi connectivity index (χ0v) is 11.1. The van der Waals surface area contributed by atoms with Crippen LogP contribution in [0.2, 0.25) is 0 Å². The monoisotopic (exact) mass is 279 g/mol. The lowest BCUT2D eigenvalue weighted by Gasteiger charge is -2.07. The van der Waals surface area contributed by atoms with Gasteiger partial charge in [0.1, 0.15) is 0 Å². The number of hydrogen-bond acceptors (Lipinski definition) is 3. The Hall–Kier alpha value is -1.88. The molecule has 0 bridgehead atoms. The zero-order valence-electron chi connectivity index (χ0n) is 10.3. The van der Waals surface area contributed by atoms with E-state index in [1.807, 2.05) is 17.5 Å². The second-order valence-electron chi connectivity index (χ2n) is 3.90. The fourth-order valence-electron chi connectivity index (χ4n) is 1.54. The van der Waals surface area contributed by atoms with Crippen molar-refractivity contribution in [1.82, 2.24) is 5.32 Å². The van der Waals surface area contributed by atoms with Gasteiger partial charge in [-0.1, -0.05) is 18.2 Å². The maximum Gasteiger partial charge on any atom is 0.257 e. The third-order valence-corrected chi connectivity index (χ3v) is 3.41. The van der Waals surface area contributed by atoms with E-state index in [9.17, 15) is 9.18 Å². The molecule has 1 amide bonds. The van der Waals surface area contributed by atoms with Crippen molar-refractivity contribution < 1.29 is 13.9 Å². The molecular formula is C14H14FNO2S. The fourth-order valence-corrected chi connectivity index (χ4v) is 2.25. The molecule has 2 rings (SSSR count). The predicted octanol–water partition coefficient (Wildman–Crippen LogP) is 2.62. The van der Waals surface area contributed by atoms with Crippen molar-refractivity contribution in [3.63, 3.8) is 0 Å². The third kappa shape index (κ3) is 4.37. The molecule has 1 aromatic heterocycles. The summed E-state index contributed by atoms with van der Waals surface area (Å²) in [6, 6.07) is 10.0. The minimum atomic E-state index is -0.464. The van der Waals surface area contributed by atoms with Gasteiger partial charge in [0.05, 0.1) is 0 Å². The molecular weight excluding hydrogens is 265 g/mol. The molecule has 0 atom stereocenters. The first kappa shape index (κ1) is 13.5. The van der Waals surface area contributed by atoms with Crippen molar-refractivity contribution in [3.8, 4) is 5.75 Å². The molecule has 0 aliphatic rings. The largest absolute Gasteiger partial charge is 0.481 e. The van der Waals surface area contributed by atoms with Crippen molar-refractivity contribution >= 4 is 17.2 Å². The Labute approximate surface area is 115 Å². The molecule has 5 heteroatoms. The van der Waals surface area contributed by atoms with Crippen molar-refractivity contribution in [1.29, 1.82) is 0 Å². The van der Waals surface area contributed by atoms with Gasteiger partial charge in [0.15, 0.2) is 18.2 Å². The summed E-state index contributed by atoms with van der Waals surface area (Å²) in [6.07, 6.45) is 0.795. The molecule has 0 aliphatic heterocycles. The molecule has 0 unspecified atom stereocenters. The van der Waals surface area contributed by atoms with Crippen molar-refractivity contribution in [2.24, 2.45) is 0 Å². The van der Waals surface area contributed by atoms with E-state index in [1.165, 1.54) is 17.0 Å². The van der Waals surface area contributed by atoms with Crippen LogP contribution in [-0.4, -0.2) is 19.1 Å². The maximum absolute atomic E-state index is 13.2. The Balaban J connectivity index is 1.69. The molecule has 19 heavy (non-hydrogen) atoms. The number of amides is 1. The predicted molar refractivity (Wildman–Crippen MR) is 72.9 cm³/mol. The number of carbonyl (C=O) groups is 1. The van der Waals surface area contributed by atoms with Crippen LogP contribution in [0, 0.1) is 5.82 Å². The lowest BCUT2D eigenvalue weighted by atomic mass is 10.3. The summed E-state index contributed by atoms with van der Waals surface area (Å²) in [5, 5.41) is 4.73. The molecule has 0 saturated carbocycles. The number of ether oxygens (including phenoxy) is 1. The summed E-state index contributed by atoms with van der Waals surface area (Å²) < 4.78 is 18.3. The summed E-state index contributed by atoms with van der Waals surface area (Å²) >= 11 is 1.65. The van der Waals surface area contributed by atoms with Gasteiger partial charge in [-0.2, -0.15) is 0 Å². The summed E-state index contributed by atoms with van der Waals surface area (Å²) in [5.74, 6) is -0.621. The van der Waals surface area contributed by atoms with Gasteiger partial charge in [0.25, 0.3) is 5.91 Å². The van der Waals surface area contributed by atoms with Crippen LogP contribution < -0.4 is 10.1 Å². The Bertz CT molecular complexity index is 528. The molecule has 100 valence electrons. The number of rotatable bonds is 6. The van der Waals surface area contributed by atoms with Gasteiger partial charge >= 0.3 is 0 Å². The highest BCUT2D eigenvalue weighted by Gasteiger charge is 2.05. The van der Waals surface area contributed by atoms with Crippen molar-refractivity contribution in [3.05, 3.63) is 52.5 Å². The first-order chi connectivity index (χ1) is 9.25. The molecule has 0 aliphatic carbocycles. The smallest absolute Gasteiger partial charge is 0.257 e. The van der Waals surface area contributed by atoms with Gasteiger partial charge in [-0.05, 0) is 30.0 Å². The summed E-state index contributed by atoms with van der Waals surface area (Å²) in [5.41, 5.74) is 0. The number of carbonyl (C=O) groups excluding carboxylic acids is 1. The minimum absolute atomic E-state index is 0.0934. The van der Waals surface area contributed by atoms with E-state index in [4.69, 9.17) is 4.74 Å². The van der Waals surface area contributed by atoms with Crippen LogP contribution in [0.25, 0.3) is 0 Å². The second kappa shape index (κ2) is 6.89. The highest BCUT2D eigenvalue weighted by atomic mass is 32.1. The summed E-state index contributed by atoms with van der Waals surface area (Å²) in [7, 11) is 0. The molecule has 1 N–H and O–H groups in total. The highest BCUT2D eigenvalue weighted by molar-refractivity contribution is 7.09. The standard InChI is InChI=1S/C14H14FNO2S/c15-12-5-1-2-6-13(12)18-10-14(17)16-8-7-11-4-3-9-19-11/h1-6,9H,7-8,10H2,(H,16,17). The SMILES string of the molecule is O=C(COc1ccccc1F)NCCc1cccs1. The number of hydrogen-bond donors (Lipinski definition) is 1. The molecule has 0 spiro atoms. The minimum Gasteiger partial charge on any atom is -0.481 e. The van der Waals surface area contributed by atoms with Gasteiger partial charge in [0, 0.05) is 11.4 Å². The van der Waals surface area contributed by atoms with Crippen LogP contribution in [0.4, 0.5) is 4.39 Å². The van der Waals surface area contributed by atoms with E-state index in [0.717, 1.165) is 6.42 Å². The summed E-state index contributed by atoms with van der Waals surface area (Å²) in [6.45, 7) is 0.380. The van der Waals surface area contributed by atoms with Gasteiger partial charge in [-0.3, -0.25) is 4.79 Å². The topological polar surface area (TPSA) is 38.3 Å². The van der Waals surface area contributed by atoms with E-state index in [0.29, 0.717) is 6.54 Å². The van der Waals surface area contributed by atoms with E-state index in [-0.39, 0.29) is 18.3 Å². The molecule has 0 saturated heterocycles. The van der Waals surface area contributed by atoms with E-state index < -0.39 is 5.82 Å². The van der Waals surface area contributed by atoms with Crippen LogP contribution in [-0.2, 0) is 11.2 Å². The maximum atomic E-state index is 13.2. The first-order valence-corrected chi connectivity index (χ1v) is 6.80. The Morgan fingerprint density at radius 2 is 2.11 bits per heavy atom. The number of benzene rings is 1. The Morgan fingerprint density at radius 1 is 1.26 bits per heavy atom. The zero-order chi connectivity index (χ0) is 13.5. The molecule has 0 fully saturated rings. The van der Waals surface area contributed by atoms with Crippen LogP contribution in [0.5, 0.6) is 5.75 Å². The number of para-hydroxylation sites is 1. The third-order valence-electron chi connectivity index (χ3n) is 2.47. The molecule has 1 aromatic carbocycles. The normalized spacial score (nSPS) is 10.2. The van der Waals surface area contributed by atoms with Gasteiger partial charge in [-0.15, -0.1) is 11.3 Å². The van der Waals surface area contributed by atoms with Crippen molar-refractivity contribution in [2.75, 3.05) is 13.2 Å². The van der Waals surface area contributed by atoms with E-state index >= 15 is 0 Å². The molecule has 2 aromatic rings. The highest BCUT2D eigenvalue weighted by Crippen LogP contribution is 2.14. The van der Waals surface area contributed by atoms with E-state index in [2.05, 4.69) is 5.32 Å². The van der Waals surface area contributed by atoms with Crippen molar-refractivity contribution in [2.45, 2.75) is 6.42 Å². The molecule has 1 heterocycles. The van der Waals surface area contributed by atoms with Gasteiger partial charge in [-0.25, -0.2) is 4.39 Å². The lowest BCUT2D eigenvalue weighted by Crippen LogP contribution is -2.30. The van der Waals surface area contributed by atoms with Gasteiger partial charge in [0.2, 0.25) is 0 Å². The molecule has 0 radical (unpaired) electrons. The Kier molecular flexibility index (Phi) is 4.92. The van der Waals surface area contributed by atoms with E-state index in [1.54, 1.807) is 23.5 Å². The number of nitrogens with one attached hydrogen (secondary N) is 1. The average molecular weight is 279 g/mol. The van der Waals surface area contributed by atoms with Crippen LogP contribution in [0.15, 0.2) is 41.8 Å². The van der Waals surface area contributed by atoms with Gasteiger partial charge < -0.3 is 10.1 Å². The number of thiophene rings is 1. The molecule has 3 nitrogen and oxygen atoms in total. The average Bonchev–Trinajstić information content (AvgIpc) is 2.91.